The molecular weight excluding hydrogens is 334 g/mol. The highest BCUT2D eigenvalue weighted by molar-refractivity contribution is 5.92. The third kappa shape index (κ3) is 3.40. The van der Waals surface area contributed by atoms with Gasteiger partial charge >= 0.3 is 5.97 Å². The summed E-state index contributed by atoms with van der Waals surface area (Å²) < 4.78 is 12.9. The van der Waals surface area contributed by atoms with Crippen molar-refractivity contribution in [2.75, 3.05) is 18.5 Å². The first kappa shape index (κ1) is 17.9. The molecule has 0 bridgehead atoms. The molecule has 8 nitrogen and oxygen atoms in total. The lowest BCUT2D eigenvalue weighted by molar-refractivity contribution is -0.139. The van der Waals surface area contributed by atoms with Crippen LogP contribution in [0, 0.1) is 0 Å². The number of carbonyl (C=O) groups is 1. The second-order valence-electron chi connectivity index (χ2n) is 6.04. The number of carbonyl (C=O) groups excluding carboxylic acids is 1. The molecule has 1 aliphatic heterocycles. The summed E-state index contributed by atoms with van der Waals surface area (Å²) in [6.45, 7) is 6.77. The number of benzene rings is 1. The quantitative estimate of drug-likeness (QED) is 0.762. The third-order valence-corrected chi connectivity index (χ3v) is 4.05. The van der Waals surface area contributed by atoms with Crippen molar-refractivity contribution in [3.05, 3.63) is 41.1 Å². The molecule has 2 heterocycles. The van der Waals surface area contributed by atoms with Gasteiger partial charge in [-0.2, -0.15) is 4.68 Å². The Morgan fingerprint density at radius 1 is 1.23 bits per heavy atom. The number of esters is 1. The molecule has 0 amide bonds. The van der Waals surface area contributed by atoms with Crippen LogP contribution in [0.4, 0.5) is 5.95 Å². The number of anilines is 1. The molecule has 1 aromatic heterocycles. The van der Waals surface area contributed by atoms with Gasteiger partial charge < -0.3 is 14.8 Å². The van der Waals surface area contributed by atoms with Gasteiger partial charge in [-0.25, -0.2) is 4.79 Å². The summed E-state index contributed by atoms with van der Waals surface area (Å²) in [5.41, 5.74) is 1.97. The van der Waals surface area contributed by atoms with Crippen molar-refractivity contribution in [1.82, 2.24) is 20.2 Å². The molecule has 8 heteroatoms. The molecule has 2 aromatic rings. The molecule has 1 N–H and O–H groups in total. The summed E-state index contributed by atoms with van der Waals surface area (Å²) in [6.07, 6.45) is 1.64. The summed E-state index contributed by atoms with van der Waals surface area (Å²) in [5, 5.41) is 14.9. The SMILES string of the molecule is CCCOC(=O)C1=C(C)Nc2nnnn2[C@H]1c1ccccc1OCCC. The van der Waals surface area contributed by atoms with E-state index in [1.54, 1.807) is 4.68 Å². The van der Waals surface area contributed by atoms with E-state index in [0.717, 1.165) is 18.4 Å². The van der Waals surface area contributed by atoms with Gasteiger partial charge in [0.25, 0.3) is 0 Å². The number of nitrogens with zero attached hydrogens (tertiary/aromatic N) is 4. The Balaban J connectivity index is 2.08. The number of aromatic nitrogens is 4. The van der Waals surface area contributed by atoms with Crippen LogP contribution in [-0.4, -0.2) is 39.4 Å². The first-order valence-electron chi connectivity index (χ1n) is 8.81. The van der Waals surface area contributed by atoms with E-state index >= 15 is 0 Å². The molecule has 138 valence electrons. The van der Waals surface area contributed by atoms with Crippen LogP contribution in [0.15, 0.2) is 35.5 Å². The molecule has 1 aliphatic rings. The van der Waals surface area contributed by atoms with Crippen LogP contribution in [0.25, 0.3) is 0 Å². The van der Waals surface area contributed by atoms with E-state index in [9.17, 15) is 4.79 Å². The van der Waals surface area contributed by atoms with E-state index < -0.39 is 6.04 Å². The van der Waals surface area contributed by atoms with Crippen LogP contribution >= 0.6 is 0 Å². The number of para-hydroxylation sites is 1. The molecule has 0 fully saturated rings. The third-order valence-electron chi connectivity index (χ3n) is 4.05. The summed E-state index contributed by atoms with van der Waals surface area (Å²) >= 11 is 0. The van der Waals surface area contributed by atoms with Crippen LogP contribution in [0.5, 0.6) is 5.75 Å². The van der Waals surface area contributed by atoms with Gasteiger partial charge in [0.05, 0.1) is 18.8 Å². The van der Waals surface area contributed by atoms with E-state index in [2.05, 4.69) is 20.8 Å². The van der Waals surface area contributed by atoms with E-state index in [1.807, 2.05) is 45.0 Å². The fourth-order valence-corrected chi connectivity index (χ4v) is 2.89. The molecule has 26 heavy (non-hydrogen) atoms. The number of hydrogen-bond donors (Lipinski definition) is 1. The van der Waals surface area contributed by atoms with Crippen molar-refractivity contribution >= 4 is 11.9 Å². The van der Waals surface area contributed by atoms with Gasteiger partial charge in [0.2, 0.25) is 5.95 Å². The van der Waals surface area contributed by atoms with Crippen molar-refractivity contribution in [3.63, 3.8) is 0 Å². The summed E-state index contributed by atoms with van der Waals surface area (Å²) in [5.74, 6) is 0.800. The van der Waals surface area contributed by atoms with Crippen LogP contribution in [0.1, 0.15) is 45.2 Å². The van der Waals surface area contributed by atoms with E-state index in [-0.39, 0.29) is 5.97 Å². The van der Waals surface area contributed by atoms with Gasteiger partial charge in [-0.15, -0.1) is 0 Å². The summed E-state index contributed by atoms with van der Waals surface area (Å²) in [6, 6.07) is 7.11. The topological polar surface area (TPSA) is 91.2 Å². The first-order valence-corrected chi connectivity index (χ1v) is 8.81. The molecule has 0 saturated carbocycles. The molecule has 3 rings (SSSR count). The first-order chi connectivity index (χ1) is 12.7. The van der Waals surface area contributed by atoms with E-state index in [1.165, 1.54) is 0 Å². The molecular formula is C18H23N5O3. The van der Waals surface area contributed by atoms with Gasteiger partial charge in [0.1, 0.15) is 11.8 Å². The molecule has 0 aliphatic carbocycles. The standard InChI is InChI=1S/C18H23N5O3/c1-4-10-25-14-9-7-6-8-13(14)16-15(17(24)26-11-5-2)12(3)19-18-20-21-22-23(16)18/h6-9,16H,4-5,10-11H2,1-3H3,(H,19,20,22)/t16-/m0/s1. The average Bonchev–Trinajstić information content (AvgIpc) is 3.11. The molecule has 0 radical (unpaired) electrons. The van der Waals surface area contributed by atoms with Crippen LogP contribution in [0.2, 0.25) is 0 Å². The maximum atomic E-state index is 12.8. The Morgan fingerprint density at radius 3 is 2.77 bits per heavy atom. The van der Waals surface area contributed by atoms with Crippen molar-refractivity contribution in [3.8, 4) is 5.75 Å². The van der Waals surface area contributed by atoms with E-state index in [4.69, 9.17) is 9.47 Å². The number of ether oxygens (including phenoxy) is 2. The zero-order chi connectivity index (χ0) is 18.5. The van der Waals surface area contributed by atoms with Crippen LogP contribution < -0.4 is 10.1 Å². The fraction of sp³-hybridized carbons (Fsp3) is 0.444. The molecule has 0 unspecified atom stereocenters. The molecule has 0 saturated heterocycles. The number of hydrogen-bond acceptors (Lipinski definition) is 7. The van der Waals surface area contributed by atoms with E-state index in [0.29, 0.717) is 36.2 Å². The van der Waals surface area contributed by atoms with Crippen molar-refractivity contribution in [1.29, 1.82) is 0 Å². The minimum atomic E-state index is -0.515. The Morgan fingerprint density at radius 2 is 2.00 bits per heavy atom. The lowest BCUT2D eigenvalue weighted by atomic mass is 9.95. The zero-order valence-electron chi connectivity index (χ0n) is 15.2. The average molecular weight is 357 g/mol. The van der Waals surface area contributed by atoms with Crippen molar-refractivity contribution < 1.29 is 14.3 Å². The van der Waals surface area contributed by atoms with Gasteiger partial charge in [-0.3, -0.25) is 0 Å². The number of tetrazole rings is 1. The highest BCUT2D eigenvalue weighted by Gasteiger charge is 2.36. The number of rotatable bonds is 7. The second kappa shape index (κ2) is 7.99. The minimum Gasteiger partial charge on any atom is -0.493 e. The van der Waals surface area contributed by atoms with Gasteiger partial charge in [-0.05, 0) is 36.3 Å². The monoisotopic (exact) mass is 357 g/mol. The normalized spacial score (nSPS) is 16.0. The van der Waals surface area contributed by atoms with Crippen LogP contribution in [-0.2, 0) is 9.53 Å². The van der Waals surface area contributed by atoms with Gasteiger partial charge in [0.15, 0.2) is 0 Å². The molecule has 1 aromatic carbocycles. The highest BCUT2D eigenvalue weighted by Crippen LogP contribution is 2.38. The maximum absolute atomic E-state index is 12.8. The smallest absolute Gasteiger partial charge is 0.338 e. The largest absolute Gasteiger partial charge is 0.493 e. The Labute approximate surface area is 152 Å². The lowest BCUT2D eigenvalue weighted by Gasteiger charge is -2.28. The van der Waals surface area contributed by atoms with Crippen LogP contribution in [0.3, 0.4) is 0 Å². The number of nitrogens with one attached hydrogen (secondary N) is 1. The van der Waals surface area contributed by atoms with Crippen molar-refractivity contribution in [2.45, 2.75) is 39.7 Å². The lowest BCUT2D eigenvalue weighted by Crippen LogP contribution is -2.30. The predicted octanol–water partition coefficient (Wildman–Crippen LogP) is 2.70. The second-order valence-corrected chi connectivity index (χ2v) is 6.04. The Hall–Kier alpha value is -2.90. The zero-order valence-corrected chi connectivity index (χ0v) is 15.2. The highest BCUT2D eigenvalue weighted by atomic mass is 16.5. The Bertz CT molecular complexity index is 815. The van der Waals surface area contributed by atoms with Gasteiger partial charge in [0, 0.05) is 11.3 Å². The number of fused-ring (bicyclic) bond motifs is 1. The van der Waals surface area contributed by atoms with Crippen molar-refractivity contribution in [2.24, 2.45) is 0 Å². The summed E-state index contributed by atoms with van der Waals surface area (Å²) in [4.78, 5) is 12.8. The maximum Gasteiger partial charge on any atom is 0.338 e. The fourth-order valence-electron chi connectivity index (χ4n) is 2.89. The minimum absolute atomic E-state index is 0.360. The predicted molar refractivity (Wildman–Crippen MR) is 95.8 cm³/mol. The number of allylic oxidation sites excluding steroid dienone is 1. The molecule has 0 spiro atoms. The molecule has 1 atom stereocenters. The van der Waals surface area contributed by atoms with Gasteiger partial charge in [-0.1, -0.05) is 37.1 Å². The Kier molecular flexibility index (Phi) is 5.50. The summed E-state index contributed by atoms with van der Waals surface area (Å²) in [7, 11) is 0.